The largest absolute Gasteiger partial charge is 0.485 e. The van der Waals surface area contributed by atoms with Crippen LogP contribution in [-0.4, -0.2) is 37.2 Å². The zero-order valence-corrected chi connectivity index (χ0v) is 12.1. The zero-order chi connectivity index (χ0) is 14.5. The van der Waals surface area contributed by atoms with E-state index in [4.69, 9.17) is 27.9 Å². The maximum absolute atomic E-state index is 12.2. The molecule has 0 aliphatic heterocycles. The van der Waals surface area contributed by atoms with Crippen molar-refractivity contribution in [2.45, 2.75) is 24.3 Å². The summed E-state index contributed by atoms with van der Waals surface area (Å²) < 4.78 is 5.53. The average molecular weight is 315 g/mol. The van der Waals surface area contributed by atoms with E-state index in [9.17, 15) is 4.79 Å². The summed E-state index contributed by atoms with van der Waals surface area (Å²) in [5.74, 6) is 0.517. The fourth-order valence-corrected chi connectivity index (χ4v) is 1.77. The van der Waals surface area contributed by atoms with E-state index in [1.54, 1.807) is 31.2 Å². The molecule has 20 heavy (non-hydrogen) atoms. The summed E-state index contributed by atoms with van der Waals surface area (Å²) >= 11 is 11.9. The molecule has 2 atom stereocenters. The number of benzene rings is 1. The SMILES string of the molecule is CC(Cl)C(Cl)C(=O)c1ccccc1OCc1nn[nH]n1. The quantitative estimate of drug-likeness (QED) is 0.653. The van der Waals surface area contributed by atoms with Gasteiger partial charge in [0.2, 0.25) is 5.82 Å². The van der Waals surface area contributed by atoms with Crippen molar-refractivity contribution in [1.29, 1.82) is 0 Å². The number of aromatic nitrogens is 4. The summed E-state index contributed by atoms with van der Waals surface area (Å²) in [5.41, 5.74) is 0.378. The third kappa shape index (κ3) is 3.46. The second-order valence-electron chi connectivity index (χ2n) is 4.06. The maximum atomic E-state index is 12.2. The van der Waals surface area contributed by atoms with Gasteiger partial charge in [-0.25, -0.2) is 0 Å². The van der Waals surface area contributed by atoms with Crippen LogP contribution in [-0.2, 0) is 6.61 Å². The van der Waals surface area contributed by atoms with E-state index >= 15 is 0 Å². The number of H-pyrrole nitrogens is 1. The Hall–Kier alpha value is -1.66. The van der Waals surface area contributed by atoms with E-state index in [1.165, 1.54) is 0 Å². The van der Waals surface area contributed by atoms with Crippen molar-refractivity contribution >= 4 is 29.0 Å². The van der Waals surface area contributed by atoms with Crippen LogP contribution in [0.15, 0.2) is 24.3 Å². The molecule has 0 fully saturated rings. The van der Waals surface area contributed by atoms with Crippen LogP contribution in [0.25, 0.3) is 0 Å². The molecule has 1 aromatic carbocycles. The first kappa shape index (κ1) is 14.7. The van der Waals surface area contributed by atoms with Crippen molar-refractivity contribution in [2.24, 2.45) is 0 Å². The van der Waals surface area contributed by atoms with Crippen molar-refractivity contribution in [3.63, 3.8) is 0 Å². The number of carbonyl (C=O) groups excluding carboxylic acids is 1. The van der Waals surface area contributed by atoms with Crippen molar-refractivity contribution in [2.75, 3.05) is 0 Å². The smallest absolute Gasteiger partial charge is 0.211 e. The third-order valence-electron chi connectivity index (χ3n) is 2.55. The predicted molar refractivity (Wildman–Crippen MR) is 74.2 cm³/mol. The van der Waals surface area contributed by atoms with Crippen LogP contribution in [0.1, 0.15) is 23.1 Å². The van der Waals surface area contributed by atoms with Crippen molar-refractivity contribution < 1.29 is 9.53 Å². The van der Waals surface area contributed by atoms with Crippen molar-refractivity contribution in [1.82, 2.24) is 20.6 Å². The predicted octanol–water partition coefficient (Wildman–Crippen LogP) is 2.20. The molecule has 0 amide bonds. The molecule has 1 N–H and O–H groups in total. The zero-order valence-electron chi connectivity index (χ0n) is 10.6. The Morgan fingerprint density at radius 2 is 2.15 bits per heavy atom. The molecule has 0 aliphatic rings. The van der Waals surface area contributed by atoms with Gasteiger partial charge in [0.05, 0.1) is 10.9 Å². The standard InChI is InChI=1S/C12H12Cl2N4O2/c1-7(13)11(14)12(19)8-4-2-3-5-9(8)20-6-10-15-17-18-16-10/h2-5,7,11H,6H2,1H3,(H,15,16,17,18). The first-order valence-electron chi connectivity index (χ1n) is 5.86. The van der Waals surface area contributed by atoms with Crippen LogP contribution in [0.4, 0.5) is 0 Å². The van der Waals surface area contributed by atoms with Crippen molar-refractivity contribution in [3.8, 4) is 5.75 Å². The molecule has 1 heterocycles. The number of nitrogens with zero attached hydrogens (tertiary/aromatic N) is 3. The monoisotopic (exact) mass is 314 g/mol. The molecule has 0 spiro atoms. The van der Waals surface area contributed by atoms with Crippen LogP contribution in [0.2, 0.25) is 0 Å². The summed E-state index contributed by atoms with van der Waals surface area (Å²) in [6.07, 6.45) is 0. The highest BCUT2D eigenvalue weighted by atomic mass is 35.5. The van der Waals surface area contributed by atoms with Crippen LogP contribution in [0.5, 0.6) is 5.75 Å². The minimum Gasteiger partial charge on any atom is -0.485 e. The third-order valence-corrected chi connectivity index (χ3v) is 3.51. The number of aromatic amines is 1. The Morgan fingerprint density at radius 1 is 1.40 bits per heavy atom. The van der Waals surface area contributed by atoms with Gasteiger partial charge in [-0.2, -0.15) is 5.21 Å². The summed E-state index contributed by atoms with van der Waals surface area (Å²) in [6.45, 7) is 1.77. The number of tetrazole rings is 1. The van der Waals surface area contributed by atoms with E-state index in [0.717, 1.165) is 0 Å². The molecule has 2 unspecified atom stereocenters. The average Bonchev–Trinajstić information content (AvgIpc) is 2.97. The molecule has 0 aliphatic carbocycles. The van der Waals surface area contributed by atoms with Gasteiger partial charge in [0.25, 0.3) is 0 Å². The molecule has 2 rings (SSSR count). The number of nitrogens with one attached hydrogen (secondary N) is 1. The van der Waals surface area contributed by atoms with E-state index in [1.807, 2.05) is 0 Å². The molecule has 0 radical (unpaired) electrons. The second kappa shape index (κ2) is 6.67. The highest BCUT2D eigenvalue weighted by Gasteiger charge is 2.24. The summed E-state index contributed by atoms with van der Waals surface area (Å²) in [5, 5.41) is 12.0. The normalized spacial score (nSPS) is 13.8. The molecule has 106 valence electrons. The van der Waals surface area contributed by atoms with E-state index in [-0.39, 0.29) is 12.4 Å². The molecule has 8 heteroatoms. The Labute approximate surface area is 125 Å². The summed E-state index contributed by atoms with van der Waals surface area (Å²) in [6, 6.07) is 6.81. The fourth-order valence-electron chi connectivity index (χ4n) is 1.54. The molecule has 0 saturated carbocycles. The number of ether oxygens (including phenoxy) is 1. The first-order chi connectivity index (χ1) is 9.59. The first-order valence-corrected chi connectivity index (χ1v) is 6.73. The lowest BCUT2D eigenvalue weighted by Gasteiger charge is -2.13. The number of hydrogen-bond acceptors (Lipinski definition) is 5. The Kier molecular flexibility index (Phi) is 4.92. The number of hydrogen-bond donors (Lipinski definition) is 1. The van der Waals surface area contributed by atoms with Gasteiger partial charge in [-0.3, -0.25) is 4.79 Å². The molecule has 2 aromatic rings. The number of rotatable bonds is 6. The topological polar surface area (TPSA) is 80.8 Å². The minimum absolute atomic E-state index is 0.101. The number of para-hydroxylation sites is 1. The van der Waals surface area contributed by atoms with Gasteiger partial charge < -0.3 is 4.74 Å². The molecule has 1 aromatic heterocycles. The van der Waals surface area contributed by atoms with Gasteiger partial charge in [0.15, 0.2) is 12.4 Å². The highest BCUT2D eigenvalue weighted by molar-refractivity contribution is 6.39. The Balaban J connectivity index is 2.15. The van der Waals surface area contributed by atoms with Gasteiger partial charge in [-0.05, 0) is 19.1 Å². The van der Waals surface area contributed by atoms with Gasteiger partial charge in [-0.1, -0.05) is 17.3 Å². The number of carbonyl (C=O) groups is 1. The molecule has 0 bridgehead atoms. The van der Waals surface area contributed by atoms with Crippen molar-refractivity contribution in [3.05, 3.63) is 35.7 Å². The number of ketones is 1. The lowest BCUT2D eigenvalue weighted by Crippen LogP contribution is -2.23. The molecule has 0 saturated heterocycles. The number of Topliss-reactive ketones (excluding diaryl/α,β-unsaturated/α-hetero) is 1. The molecular formula is C12H12Cl2N4O2. The molecule has 6 nitrogen and oxygen atoms in total. The van der Waals surface area contributed by atoms with Crippen LogP contribution < -0.4 is 4.74 Å². The lowest BCUT2D eigenvalue weighted by atomic mass is 10.1. The van der Waals surface area contributed by atoms with E-state index in [0.29, 0.717) is 17.1 Å². The van der Waals surface area contributed by atoms with Gasteiger partial charge in [0.1, 0.15) is 11.1 Å². The summed E-state index contributed by atoms with van der Waals surface area (Å²) in [7, 11) is 0. The van der Waals surface area contributed by atoms with Gasteiger partial charge in [0, 0.05) is 0 Å². The van der Waals surface area contributed by atoms with Crippen LogP contribution in [0, 0.1) is 0 Å². The van der Waals surface area contributed by atoms with E-state index < -0.39 is 10.8 Å². The Bertz CT molecular complexity index is 575. The Morgan fingerprint density at radius 3 is 2.80 bits per heavy atom. The lowest BCUT2D eigenvalue weighted by molar-refractivity contribution is 0.0982. The van der Waals surface area contributed by atoms with Gasteiger partial charge >= 0.3 is 0 Å². The van der Waals surface area contributed by atoms with Crippen LogP contribution in [0.3, 0.4) is 0 Å². The highest BCUT2D eigenvalue weighted by Crippen LogP contribution is 2.24. The molecular weight excluding hydrogens is 303 g/mol. The van der Waals surface area contributed by atoms with Gasteiger partial charge in [-0.15, -0.1) is 33.4 Å². The number of alkyl halides is 2. The summed E-state index contributed by atoms with van der Waals surface area (Å²) in [4.78, 5) is 12.2. The second-order valence-corrected chi connectivity index (χ2v) is 5.22. The minimum atomic E-state index is -0.813. The van der Waals surface area contributed by atoms with Crippen LogP contribution >= 0.6 is 23.2 Å². The van der Waals surface area contributed by atoms with E-state index in [2.05, 4.69) is 20.6 Å². The maximum Gasteiger partial charge on any atom is 0.211 e. The number of halogens is 2. The fraction of sp³-hybridized carbons (Fsp3) is 0.333.